The fourth-order valence-electron chi connectivity index (χ4n) is 3.39. The SMILES string of the molecule is CC(C)(C)OC(=O)N1CC(S(C)(=N)=O)CC12CCCC2. The summed E-state index contributed by atoms with van der Waals surface area (Å²) in [4.78, 5) is 14.2. The van der Waals surface area contributed by atoms with E-state index in [1.165, 1.54) is 6.26 Å². The third kappa shape index (κ3) is 3.10. The Labute approximate surface area is 122 Å². The van der Waals surface area contributed by atoms with Crippen LogP contribution in [-0.2, 0) is 14.5 Å². The van der Waals surface area contributed by atoms with Crippen LogP contribution in [-0.4, -0.2) is 44.4 Å². The van der Waals surface area contributed by atoms with Crippen molar-refractivity contribution in [2.24, 2.45) is 0 Å². The molecular weight excluding hydrogens is 276 g/mol. The van der Waals surface area contributed by atoms with E-state index in [4.69, 9.17) is 9.52 Å². The second-order valence-corrected chi connectivity index (χ2v) is 9.73. The number of carbonyl (C=O) groups is 1. The minimum absolute atomic E-state index is 0.216. The van der Waals surface area contributed by atoms with E-state index in [-0.39, 0.29) is 16.9 Å². The number of hydrogen-bond donors (Lipinski definition) is 1. The van der Waals surface area contributed by atoms with Gasteiger partial charge in [-0.1, -0.05) is 12.8 Å². The van der Waals surface area contributed by atoms with Crippen molar-refractivity contribution in [2.45, 2.75) is 69.3 Å². The minimum atomic E-state index is -2.63. The van der Waals surface area contributed by atoms with E-state index in [0.717, 1.165) is 25.7 Å². The van der Waals surface area contributed by atoms with Crippen molar-refractivity contribution in [3.8, 4) is 0 Å². The summed E-state index contributed by atoms with van der Waals surface area (Å²) in [6, 6.07) is 0. The molecule has 0 bridgehead atoms. The van der Waals surface area contributed by atoms with Crippen LogP contribution in [0.15, 0.2) is 0 Å². The molecule has 2 atom stereocenters. The molecule has 1 spiro atoms. The summed E-state index contributed by atoms with van der Waals surface area (Å²) in [5, 5.41) is -0.229. The maximum absolute atomic E-state index is 12.4. The summed E-state index contributed by atoms with van der Waals surface area (Å²) in [5.74, 6) is 0. The Morgan fingerprint density at radius 2 is 1.90 bits per heavy atom. The van der Waals surface area contributed by atoms with Gasteiger partial charge < -0.3 is 9.64 Å². The van der Waals surface area contributed by atoms with Crippen LogP contribution in [0.1, 0.15) is 52.9 Å². The second-order valence-electron chi connectivity index (χ2n) is 7.25. The van der Waals surface area contributed by atoms with Crippen LogP contribution < -0.4 is 0 Å². The standard InChI is InChI=1S/C14H26N2O3S/c1-13(2,3)19-12(17)16-10-11(20(4,15)18)9-14(16)7-5-6-8-14/h11,15H,5-10H2,1-4H3. The maximum atomic E-state index is 12.4. The van der Waals surface area contributed by atoms with Crippen LogP contribution >= 0.6 is 0 Å². The molecule has 2 rings (SSSR count). The average Bonchev–Trinajstić information content (AvgIpc) is 2.83. The molecule has 1 heterocycles. The Hall–Kier alpha value is -0.780. The topological polar surface area (TPSA) is 70.5 Å². The van der Waals surface area contributed by atoms with Crippen LogP contribution in [0.3, 0.4) is 0 Å². The first-order valence-corrected chi connectivity index (χ1v) is 9.30. The molecule has 1 aliphatic carbocycles. The molecule has 116 valence electrons. The number of amides is 1. The van der Waals surface area contributed by atoms with Gasteiger partial charge in [0, 0.05) is 28.1 Å². The summed E-state index contributed by atoms with van der Waals surface area (Å²) >= 11 is 0. The lowest BCUT2D eigenvalue weighted by atomic mass is 9.94. The van der Waals surface area contributed by atoms with Crippen LogP contribution in [0.2, 0.25) is 0 Å². The van der Waals surface area contributed by atoms with Crippen molar-refractivity contribution in [3.63, 3.8) is 0 Å². The molecule has 0 aromatic carbocycles. The van der Waals surface area contributed by atoms with Gasteiger partial charge in [-0.2, -0.15) is 0 Å². The van der Waals surface area contributed by atoms with Crippen LogP contribution in [0.4, 0.5) is 4.79 Å². The van der Waals surface area contributed by atoms with E-state index in [1.807, 2.05) is 20.8 Å². The lowest BCUT2D eigenvalue weighted by Gasteiger charge is -2.36. The number of ether oxygens (including phenoxy) is 1. The Balaban J connectivity index is 2.23. The Kier molecular flexibility index (Phi) is 3.82. The van der Waals surface area contributed by atoms with E-state index in [1.54, 1.807) is 4.90 Å². The molecule has 0 radical (unpaired) electrons. The van der Waals surface area contributed by atoms with Gasteiger partial charge in [0.1, 0.15) is 5.60 Å². The normalized spacial score (nSPS) is 28.6. The number of hydrogen-bond acceptors (Lipinski definition) is 4. The Bertz CT molecular complexity index is 487. The molecule has 5 nitrogen and oxygen atoms in total. The van der Waals surface area contributed by atoms with Gasteiger partial charge in [0.2, 0.25) is 0 Å². The highest BCUT2D eigenvalue weighted by Crippen LogP contribution is 2.45. The summed E-state index contributed by atoms with van der Waals surface area (Å²) in [6.45, 7) is 5.96. The van der Waals surface area contributed by atoms with Crippen molar-refractivity contribution >= 4 is 15.8 Å². The van der Waals surface area contributed by atoms with Crippen LogP contribution in [0.5, 0.6) is 0 Å². The molecular formula is C14H26N2O3S. The average molecular weight is 302 g/mol. The van der Waals surface area contributed by atoms with E-state index in [2.05, 4.69) is 0 Å². The van der Waals surface area contributed by atoms with E-state index in [0.29, 0.717) is 13.0 Å². The molecule has 2 aliphatic rings. The Morgan fingerprint density at radius 1 is 1.35 bits per heavy atom. The predicted octanol–water partition coefficient (Wildman–Crippen LogP) is 2.99. The lowest BCUT2D eigenvalue weighted by Crippen LogP contribution is -2.47. The summed E-state index contributed by atoms with van der Waals surface area (Å²) < 4.78 is 25.4. The first-order chi connectivity index (χ1) is 9.04. The van der Waals surface area contributed by atoms with Crippen molar-refractivity contribution in [1.29, 1.82) is 4.78 Å². The Morgan fingerprint density at radius 3 is 2.35 bits per heavy atom. The van der Waals surface area contributed by atoms with Crippen molar-refractivity contribution in [2.75, 3.05) is 12.8 Å². The molecule has 1 N–H and O–H groups in total. The number of nitrogens with zero attached hydrogens (tertiary/aromatic N) is 1. The summed E-state index contributed by atoms with van der Waals surface area (Å²) in [7, 11) is -2.63. The summed E-state index contributed by atoms with van der Waals surface area (Å²) in [5.41, 5.74) is -0.740. The third-order valence-corrected chi connectivity index (χ3v) is 5.94. The number of rotatable bonds is 1. The lowest BCUT2D eigenvalue weighted by molar-refractivity contribution is 0.00883. The molecule has 0 aromatic rings. The highest BCUT2D eigenvalue weighted by atomic mass is 32.2. The van der Waals surface area contributed by atoms with Gasteiger partial charge in [0.15, 0.2) is 0 Å². The molecule has 1 saturated carbocycles. The van der Waals surface area contributed by atoms with E-state index < -0.39 is 15.3 Å². The zero-order chi connectivity index (χ0) is 15.2. The fraction of sp³-hybridized carbons (Fsp3) is 0.929. The maximum Gasteiger partial charge on any atom is 0.410 e. The third-order valence-electron chi connectivity index (χ3n) is 4.35. The number of likely N-dealkylation sites (tertiary alicyclic amines) is 1. The van der Waals surface area contributed by atoms with Gasteiger partial charge in [-0.05, 0) is 40.0 Å². The van der Waals surface area contributed by atoms with Gasteiger partial charge in [0.05, 0.1) is 5.25 Å². The van der Waals surface area contributed by atoms with Crippen LogP contribution in [0.25, 0.3) is 0 Å². The largest absolute Gasteiger partial charge is 0.444 e. The highest BCUT2D eigenvalue weighted by Gasteiger charge is 2.52. The smallest absolute Gasteiger partial charge is 0.410 e. The van der Waals surface area contributed by atoms with Gasteiger partial charge in [0.25, 0.3) is 0 Å². The first kappa shape index (κ1) is 15.6. The monoisotopic (exact) mass is 302 g/mol. The first-order valence-electron chi connectivity index (χ1n) is 7.27. The van der Waals surface area contributed by atoms with Crippen molar-refractivity contribution in [3.05, 3.63) is 0 Å². The van der Waals surface area contributed by atoms with Gasteiger partial charge in [-0.3, -0.25) is 4.78 Å². The molecule has 2 fully saturated rings. The molecule has 0 aromatic heterocycles. The fourth-order valence-corrected chi connectivity index (χ4v) is 4.45. The minimum Gasteiger partial charge on any atom is -0.444 e. The predicted molar refractivity (Wildman–Crippen MR) is 79.3 cm³/mol. The zero-order valence-corrected chi connectivity index (χ0v) is 13.7. The van der Waals surface area contributed by atoms with E-state index >= 15 is 0 Å². The molecule has 20 heavy (non-hydrogen) atoms. The molecule has 1 saturated heterocycles. The van der Waals surface area contributed by atoms with Crippen molar-refractivity contribution < 1.29 is 13.7 Å². The number of carbonyl (C=O) groups excluding carboxylic acids is 1. The van der Waals surface area contributed by atoms with Crippen LogP contribution in [0, 0.1) is 4.78 Å². The second kappa shape index (κ2) is 4.90. The summed E-state index contributed by atoms with van der Waals surface area (Å²) in [6.07, 6.45) is 5.93. The molecule has 1 aliphatic heterocycles. The van der Waals surface area contributed by atoms with E-state index in [9.17, 15) is 9.00 Å². The van der Waals surface area contributed by atoms with Gasteiger partial charge in [-0.25, -0.2) is 9.00 Å². The quantitative estimate of drug-likeness (QED) is 0.809. The molecule has 1 amide bonds. The van der Waals surface area contributed by atoms with Crippen molar-refractivity contribution in [1.82, 2.24) is 4.90 Å². The van der Waals surface area contributed by atoms with Gasteiger partial charge >= 0.3 is 6.09 Å². The molecule has 2 unspecified atom stereocenters. The molecule has 6 heteroatoms. The van der Waals surface area contributed by atoms with Gasteiger partial charge in [-0.15, -0.1) is 0 Å². The zero-order valence-electron chi connectivity index (χ0n) is 12.9. The highest BCUT2D eigenvalue weighted by molar-refractivity contribution is 7.92. The number of nitrogens with one attached hydrogen (secondary N) is 1.